The van der Waals surface area contributed by atoms with E-state index in [1.807, 2.05) is 13.8 Å². The molecule has 0 aromatic heterocycles. The molecule has 0 atom stereocenters. The van der Waals surface area contributed by atoms with Gasteiger partial charge in [-0.2, -0.15) is 0 Å². The zero-order valence-corrected chi connectivity index (χ0v) is 12.2. The van der Waals surface area contributed by atoms with Gasteiger partial charge in [0.05, 0.1) is 0 Å². The Morgan fingerprint density at radius 3 is 1.33 bits per heavy atom. The van der Waals surface area contributed by atoms with Crippen molar-refractivity contribution in [3.8, 4) is 0 Å². The van der Waals surface area contributed by atoms with Gasteiger partial charge in [0.2, 0.25) is 0 Å². The molecule has 15 heavy (non-hydrogen) atoms. The third-order valence-corrected chi connectivity index (χ3v) is 3.12. The molecule has 0 saturated carbocycles. The summed E-state index contributed by atoms with van der Waals surface area (Å²) in [7, 11) is 0. The first-order valence-corrected chi connectivity index (χ1v) is 7.18. The van der Waals surface area contributed by atoms with Crippen molar-refractivity contribution in [3.05, 3.63) is 0 Å². The van der Waals surface area contributed by atoms with Crippen LogP contribution < -0.4 is 0 Å². The molecule has 0 aliphatic rings. The van der Waals surface area contributed by atoms with Crippen LogP contribution in [0.1, 0.15) is 92.9 Å². The minimum atomic E-state index is 0.654. The van der Waals surface area contributed by atoms with Gasteiger partial charge in [-0.15, -0.1) is 0 Å². The Balaban J connectivity index is 0. The van der Waals surface area contributed by atoms with Crippen molar-refractivity contribution >= 4 is 0 Å². The summed E-state index contributed by atoms with van der Waals surface area (Å²) in [6.45, 7) is 13.4. The van der Waals surface area contributed by atoms with E-state index < -0.39 is 0 Å². The topological polar surface area (TPSA) is 0 Å². The maximum Gasteiger partial charge on any atom is -0.0326 e. The summed E-state index contributed by atoms with van der Waals surface area (Å²) in [4.78, 5) is 0. The van der Waals surface area contributed by atoms with Crippen LogP contribution in [0.15, 0.2) is 0 Å². The number of unbranched alkanes of at least 4 members (excludes halogenated alkanes) is 2. The smallest absolute Gasteiger partial charge is 0.0326 e. The van der Waals surface area contributed by atoms with Crippen LogP contribution in [0.25, 0.3) is 0 Å². The standard InChI is InChI=1S/C13H28.C2H6/c1-5-8-11-13(4,10-7-3)12-9-6-2;1-2/h5-12H2,1-4H3;1-2H3. The average Bonchev–Trinajstić information content (AvgIpc) is 2.27. The van der Waals surface area contributed by atoms with Crippen LogP contribution in [0, 0.1) is 5.41 Å². The van der Waals surface area contributed by atoms with Crippen LogP contribution in [0.2, 0.25) is 0 Å². The predicted molar refractivity (Wildman–Crippen MR) is 73.4 cm³/mol. The Labute approximate surface area is 98.9 Å². The lowest BCUT2D eigenvalue weighted by molar-refractivity contribution is 0.233. The van der Waals surface area contributed by atoms with E-state index in [9.17, 15) is 0 Å². The van der Waals surface area contributed by atoms with Crippen LogP contribution >= 0.6 is 0 Å². The summed E-state index contributed by atoms with van der Waals surface area (Å²) < 4.78 is 0. The SMILES string of the molecule is CC.CCCCC(C)(CCC)CCCC. The molecule has 94 valence electrons. The van der Waals surface area contributed by atoms with E-state index in [1.54, 1.807) is 0 Å². The summed E-state index contributed by atoms with van der Waals surface area (Å²) in [5.74, 6) is 0. The van der Waals surface area contributed by atoms with Crippen LogP contribution in [0.5, 0.6) is 0 Å². The van der Waals surface area contributed by atoms with E-state index in [1.165, 1.54) is 51.4 Å². The second-order valence-electron chi connectivity index (χ2n) is 4.77. The molecule has 0 nitrogen and oxygen atoms in total. The van der Waals surface area contributed by atoms with E-state index in [4.69, 9.17) is 0 Å². The summed E-state index contributed by atoms with van der Waals surface area (Å²) in [5, 5.41) is 0. The van der Waals surface area contributed by atoms with Gasteiger partial charge in [0.15, 0.2) is 0 Å². The van der Waals surface area contributed by atoms with Crippen molar-refractivity contribution < 1.29 is 0 Å². The first-order valence-electron chi connectivity index (χ1n) is 7.18. The first kappa shape index (κ1) is 17.4. The highest BCUT2D eigenvalue weighted by Gasteiger charge is 2.21. The molecule has 0 aromatic carbocycles. The van der Waals surface area contributed by atoms with Crippen molar-refractivity contribution in [2.45, 2.75) is 92.9 Å². The molecular weight excluding hydrogens is 180 g/mol. The monoisotopic (exact) mass is 214 g/mol. The van der Waals surface area contributed by atoms with E-state index in [2.05, 4.69) is 27.7 Å². The Morgan fingerprint density at radius 1 is 0.667 bits per heavy atom. The molecule has 0 heteroatoms. The van der Waals surface area contributed by atoms with Gasteiger partial charge in [0.1, 0.15) is 0 Å². The third-order valence-electron chi connectivity index (χ3n) is 3.12. The molecule has 0 N–H and O–H groups in total. The predicted octanol–water partition coefficient (Wildman–Crippen LogP) is 6.20. The maximum atomic E-state index is 2.49. The molecule has 0 unspecified atom stereocenters. The molecule has 0 aromatic rings. The Kier molecular flexibility index (Phi) is 14.0. The van der Waals surface area contributed by atoms with Gasteiger partial charge in [0, 0.05) is 0 Å². The van der Waals surface area contributed by atoms with Crippen molar-refractivity contribution in [3.63, 3.8) is 0 Å². The van der Waals surface area contributed by atoms with E-state index in [0.29, 0.717) is 5.41 Å². The van der Waals surface area contributed by atoms with Gasteiger partial charge in [-0.3, -0.25) is 0 Å². The molecule has 0 bridgehead atoms. The second kappa shape index (κ2) is 12.1. The molecule has 0 aliphatic heterocycles. The number of hydrogen-bond donors (Lipinski definition) is 0. The first-order chi connectivity index (χ1) is 7.18. The Hall–Kier alpha value is 0. The normalized spacial score (nSPS) is 10.8. The van der Waals surface area contributed by atoms with Crippen molar-refractivity contribution in [1.82, 2.24) is 0 Å². The minimum absolute atomic E-state index is 0.654. The maximum absolute atomic E-state index is 2.49. The lowest BCUT2D eigenvalue weighted by atomic mass is 9.77. The number of hydrogen-bond acceptors (Lipinski definition) is 0. The zero-order valence-electron chi connectivity index (χ0n) is 12.2. The van der Waals surface area contributed by atoms with Crippen molar-refractivity contribution in [1.29, 1.82) is 0 Å². The molecule has 0 radical (unpaired) electrons. The lowest BCUT2D eigenvalue weighted by Crippen LogP contribution is -2.15. The molecule has 0 rings (SSSR count). The van der Waals surface area contributed by atoms with Crippen LogP contribution in [-0.2, 0) is 0 Å². The highest BCUT2D eigenvalue weighted by molar-refractivity contribution is 4.73. The molecule has 0 aliphatic carbocycles. The Morgan fingerprint density at radius 2 is 1.07 bits per heavy atom. The molecule has 0 saturated heterocycles. The molecule has 0 heterocycles. The van der Waals surface area contributed by atoms with E-state index in [-0.39, 0.29) is 0 Å². The van der Waals surface area contributed by atoms with E-state index >= 15 is 0 Å². The number of rotatable bonds is 8. The summed E-state index contributed by atoms with van der Waals surface area (Å²) >= 11 is 0. The minimum Gasteiger partial charge on any atom is -0.0683 e. The Bertz CT molecular complexity index is 96.6. The summed E-state index contributed by atoms with van der Waals surface area (Å²) in [5.41, 5.74) is 0.654. The third kappa shape index (κ3) is 10.3. The summed E-state index contributed by atoms with van der Waals surface area (Å²) in [6.07, 6.45) is 11.2. The van der Waals surface area contributed by atoms with Crippen LogP contribution in [0.4, 0.5) is 0 Å². The van der Waals surface area contributed by atoms with Gasteiger partial charge in [-0.1, -0.05) is 73.6 Å². The molecular formula is C15H34. The summed E-state index contributed by atoms with van der Waals surface area (Å²) in [6, 6.07) is 0. The van der Waals surface area contributed by atoms with Crippen molar-refractivity contribution in [2.75, 3.05) is 0 Å². The molecule has 0 amide bonds. The lowest BCUT2D eigenvalue weighted by Gasteiger charge is -2.29. The van der Waals surface area contributed by atoms with Gasteiger partial charge < -0.3 is 0 Å². The fourth-order valence-electron chi connectivity index (χ4n) is 2.19. The fourth-order valence-corrected chi connectivity index (χ4v) is 2.19. The van der Waals surface area contributed by atoms with Crippen molar-refractivity contribution in [2.24, 2.45) is 5.41 Å². The van der Waals surface area contributed by atoms with Gasteiger partial charge in [0.25, 0.3) is 0 Å². The highest BCUT2D eigenvalue weighted by atomic mass is 14.3. The van der Waals surface area contributed by atoms with Crippen LogP contribution in [-0.4, -0.2) is 0 Å². The molecule has 0 spiro atoms. The van der Waals surface area contributed by atoms with Gasteiger partial charge in [-0.25, -0.2) is 0 Å². The molecule has 0 fully saturated rings. The zero-order chi connectivity index (χ0) is 12.2. The van der Waals surface area contributed by atoms with E-state index in [0.717, 1.165) is 0 Å². The van der Waals surface area contributed by atoms with Gasteiger partial charge in [-0.05, 0) is 24.7 Å². The average molecular weight is 214 g/mol. The quantitative estimate of drug-likeness (QED) is 0.451. The fraction of sp³-hybridized carbons (Fsp3) is 1.00. The van der Waals surface area contributed by atoms with Crippen LogP contribution in [0.3, 0.4) is 0 Å². The largest absolute Gasteiger partial charge is 0.0683 e. The highest BCUT2D eigenvalue weighted by Crippen LogP contribution is 2.35. The second-order valence-corrected chi connectivity index (χ2v) is 4.77. The van der Waals surface area contributed by atoms with Gasteiger partial charge >= 0.3 is 0 Å².